The number of hydrogen-bond acceptors (Lipinski definition) is 3. The second kappa shape index (κ2) is 6.37. The molecule has 0 aliphatic carbocycles. The van der Waals surface area contributed by atoms with Crippen molar-refractivity contribution in [3.63, 3.8) is 0 Å². The fraction of sp³-hybridized carbons (Fsp3) is 0.188. The standard InChI is InChI=1S/C16H15BrN4O2/c1-11(12-4-6-13(17)7-5-12)19-15(22)10-21-16(23)20-8-2-3-14(20)9-18-21/h2-9,11H,10H2,1H3,(H,19,22)/t11-/m0/s1. The van der Waals surface area contributed by atoms with Gasteiger partial charge in [0.1, 0.15) is 6.54 Å². The Kier molecular flexibility index (Phi) is 4.29. The number of carbonyl (C=O) groups is 1. The molecule has 0 bridgehead atoms. The second-order valence-corrected chi connectivity index (χ2v) is 6.14. The Morgan fingerprint density at radius 1 is 1.30 bits per heavy atom. The van der Waals surface area contributed by atoms with Crippen molar-refractivity contribution < 1.29 is 4.79 Å². The van der Waals surface area contributed by atoms with Crippen LogP contribution in [0.5, 0.6) is 0 Å². The van der Waals surface area contributed by atoms with Crippen LogP contribution in [0.1, 0.15) is 18.5 Å². The maximum Gasteiger partial charge on any atom is 0.349 e. The molecule has 3 aromatic rings. The number of nitrogens with one attached hydrogen (secondary N) is 1. The summed E-state index contributed by atoms with van der Waals surface area (Å²) in [6.07, 6.45) is 3.21. The number of hydrogen-bond donors (Lipinski definition) is 1. The smallest absolute Gasteiger partial charge is 0.348 e. The summed E-state index contributed by atoms with van der Waals surface area (Å²) < 4.78 is 3.59. The fourth-order valence-electron chi connectivity index (χ4n) is 2.34. The molecule has 0 unspecified atom stereocenters. The highest BCUT2D eigenvalue weighted by molar-refractivity contribution is 9.10. The Morgan fingerprint density at radius 2 is 2.04 bits per heavy atom. The van der Waals surface area contributed by atoms with Gasteiger partial charge in [-0.15, -0.1) is 0 Å². The zero-order valence-corrected chi connectivity index (χ0v) is 14.0. The minimum atomic E-state index is -0.334. The number of nitrogens with zero attached hydrogens (tertiary/aromatic N) is 3. The number of amides is 1. The van der Waals surface area contributed by atoms with Gasteiger partial charge in [0.25, 0.3) is 0 Å². The zero-order chi connectivity index (χ0) is 16.4. The van der Waals surface area contributed by atoms with Gasteiger partial charge in [0, 0.05) is 10.7 Å². The molecule has 2 aromatic heterocycles. The molecular formula is C16H15BrN4O2. The largest absolute Gasteiger partial charge is 0.349 e. The molecule has 0 saturated carbocycles. The molecule has 0 fully saturated rings. The third-order valence-corrected chi connectivity index (χ3v) is 4.11. The number of aromatic nitrogens is 3. The first-order valence-corrected chi connectivity index (χ1v) is 7.92. The van der Waals surface area contributed by atoms with Crippen LogP contribution in [0.15, 0.2) is 58.1 Å². The minimum absolute atomic E-state index is 0.117. The van der Waals surface area contributed by atoms with E-state index in [2.05, 4.69) is 26.3 Å². The summed E-state index contributed by atoms with van der Waals surface area (Å²) in [4.78, 5) is 24.4. The first-order chi connectivity index (χ1) is 11.0. The van der Waals surface area contributed by atoms with Crippen molar-refractivity contribution in [1.82, 2.24) is 19.5 Å². The normalized spacial score (nSPS) is 12.3. The summed E-state index contributed by atoms with van der Waals surface area (Å²) in [6.45, 7) is 1.78. The molecule has 118 valence electrons. The Labute approximate surface area is 140 Å². The molecule has 2 heterocycles. The molecule has 0 aliphatic heterocycles. The van der Waals surface area contributed by atoms with Crippen LogP contribution in [0.2, 0.25) is 0 Å². The number of halogens is 1. The zero-order valence-electron chi connectivity index (χ0n) is 12.4. The first-order valence-electron chi connectivity index (χ1n) is 7.12. The quantitative estimate of drug-likeness (QED) is 0.760. The maximum atomic E-state index is 12.2. The summed E-state index contributed by atoms with van der Waals surface area (Å²) in [5, 5.41) is 6.90. The van der Waals surface area contributed by atoms with E-state index in [9.17, 15) is 9.59 Å². The highest BCUT2D eigenvalue weighted by Crippen LogP contribution is 2.16. The van der Waals surface area contributed by atoms with Crippen molar-refractivity contribution in [2.24, 2.45) is 0 Å². The van der Waals surface area contributed by atoms with Gasteiger partial charge in [-0.2, -0.15) is 5.10 Å². The van der Waals surface area contributed by atoms with Crippen LogP contribution >= 0.6 is 15.9 Å². The monoisotopic (exact) mass is 374 g/mol. The third-order valence-electron chi connectivity index (χ3n) is 3.58. The number of fused-ring (bicyclic) bond motifs is 1. The molecule has 3 rings (SSSR count). The van der Waals surface area contributed by atoms with Crippen molar-refractivity contribution in [3.8, 4) is 0 Å². The van der Waals surface area contributed by atoms with Crippen LogP contribution < -0.4 is 11.0 Å². The number of carbonyl (C=O) groups excluding carboxylic acids is 1. The van der Waals surface area contributed by atoms with E-state index in [-0.39, 0.29) is 24.2 Å². The Bertz CT molecular complexity index is 898. The van der Waals surface area contributed by atoms with Gasteiger partial charge < -0.3 is 5.32 Å². The van der Waals surface area contributed by atoms with E-state index in [0.717, 1.165) is 14.7 Å². The lowest BCUT2D eigenvalue weighted by atomic mass is 10.1. The lowest BCUT2D eigenvalue weighted by Gasteiger charge is -2.14. The van der Waals surface area contributed by atoms with Crippen LogP contribution in [-0.2, 0) is 11.3 Å². The van der Waals surface area contributed by atoms with E-state index in [1.807, 2.05) is 31.2 Å². The van der Waals surface area contributed by atoms with Gasteiger partial charge in [-0.3, -0.25) is 9.20 Å². The van der Waals surface area contributed by atoms with E-state index in [1.54, 1.807) is 24.5 Å². The molecule has 1 atom stereocenters. The van der Waals surface area contributed by atoms with E-state index >= 15 is 0 Å². The van der Waals surface area contributed by atoms with Crippen molar-refractivity contribution >= 4 is 27.4 Å². The summed E-state index contributed by atoms with van der Waals surface area (Å²) in [7, 11) is 0. The Morgan fingerprint density at radius 3 is 2.78 bits per heavy atom. The summed E-state index contributed by atoms with van der Waals surface area (Å²) in [5.41, 5.74) is 1.36. The van der Waals surface area contributed by atoms with Crippen molar-refractivity contribution in [2.75, 3.05) is 0 Å². The Hall–Kier alpha value is -2.41. The summed E-state index contributed by atoms with van der Waals surface area (Å²) in [6, 6.07) is 11.1. The van der Waals surface area contributed by atoms with Crippen LogP contribution in [0.4, 0.5) is 0 Å². The van der Waals surface area contributed by atoms with Gasteiger partial charge in [0.15, 0.2) is 0 Å². The minimum Gasteiger partial charge on any atom is -0.348 e. The molecule has 0 radical (unpaired) electrons. The molecule has 1 N–H and O–H groups in total. The van der Waals surface area contributed by atoms with Crippen LogP contribution in [0.25, 0.3) is 5.52 Å². The molecule has 1 aromatic carbocycles. The van der Waals surface area contributed by atoms with Crippen LogP contribution in [0.3, 0.4) is 0 Å². The predicted molar refractivity (Wildman–Crippen MR) is 90.2 cm³/mol. The molecule has 0 saturated heterocycles. The average Bonchev–Trinajstić information content (AvgIpc) is 3.00. The average molecular weight is 375 g/mol. The molecule has 1 amide bonds. The molecule has 0 spiro atoms. The van der Waals surface area contributed by atoms with Crippen LogP contribution in [-0.4, -0.2) is 20.1 Å². The predicted octanol–water partition coefficient (Wildman–Crippen LogP) is 2.14. The van der Waals surface area contributed by atoms with Gasteiger partial charge in [-0.1, -0.05) is 28.1 Å². The van der Waals surface area contributed by atoms with Crippen molar-refractivity contribution in [1.29, 1.82) is 0 Å². The Balaban J connectivity index is 1.72. The van der Waals surface area contributed by atoms with Crippen molar-refractivity contribution in [3.05, 3.63) is 69.3 Å². The number of rotatable bonds is 4. The second-order valence-electron chi connectivity index (χ2n) is 5.23. The van der Waals surface area contributed by atoms with Crippen molar-refractivity contribution in [2.45, 2.75) is 19.5 Å². The van der Waals surface area contributed by atoms with Crippen LogP contribution in [0, 0.1) is 0 Å². The van der Waals surface area contributed by atoms with Gasteiger partial charge in [-0.25, -0.2) is 9.48 Å². The third kappa shape index (κ3) is 3.34. The van der Waals surface area contributed by atoms with E-state index in [0.29, 0.717) is 5.52 Å². The van der Waals surface area contributed by atoms with E-state index in [4.69, 9.17) is 0 Å². The van der Waals surface area contributed by atoms with Gasteiger partial charge in [0.2, 0.25) is 5.91 Å². The first kappa shape index (κ1) is 15.5. The molecule has 6 nitrogen and oxygen atoms in total. The summed E-state index contributed by atoms with van der Waals surface area (Å²) >= 11 is 3.38. The van der Waals surface area contributed by atoms with E-state index < -0.39 is 0 Å². The molecular weight excluding hydrogens is 360 g/mol. The highest BCUT2D eigenvalue weighted by atomic mass is 79.9. The van der Waals surface area contributed by atoms with E-state index in [1.165, 1.54) is 4.40 Å². The molecule has 7 heteroatoms. The van der Waals surface area contributed by atoms with Gasteiger partial charge in [0.05, 0.1) is 17.8 Å². The number of benzene rings is 1. The SMILES string of the molecule is C[C@H](NC(=O)Cn1ncc2cccn2c1=O)c1ccc(Br)cc1. The highest BCUT2D eigenvalue weighted by Gasteiger charge is 2.12. The molecule has 23 heavy (non-hydrogen) atoms. The van der Waals surface area contributed by atoms with Gasteiger partial charge in [-0.05, 0) is 36.8 Å². The topological polar surface area (TPSA) is 68.4 Å². The maximum absolute atomic E-state index is 12.2. The molecule has 0 aliphatic rings. The van der Waals surface area contributed by atoms with Gasteiger partial charge >= 0.3 is 5.69 Å². The lowest BCUT2D eigenvalue weighted by molar-refractivity contribution is -0.122. The lowest BCUT2D eigenvalue weighted by Crippen LogP contribution is -2.36. The fourth-order valence-corrected chi connectivity index (χ4v) is 2.61. The summed E-state index contributed by atoms with van der Waals surface area (Å²) in [5.74, 6) is -0.262.